The van der Waals surface area contributed by atoms with Gasteiger partial charge in [-0.2, -0.15) is 5.10 Å². The van der Waals surface area contributed by atoms with Crippen molar-refractivity contribution >= 4 is 29.3 Å². The molecule has 5 aromatic rings. The first-order chi connectivity index (χ1) is 24.4. The van der Waals surface area contributed by atoms with Gasteiger partial charge >= 0.3 is 0 Å². The summed E-state index contributed by atoms with van der Waals surface area (Å²) in [5, 5.41) is 18.6. The van der Waals surface area contributed by atoms with E-state index in [-0.39, 0.29) is 24.1 Å². The molecule has 2 heterocycles. The lowest BCUT2D eigenvalue weighted by Crippen LogP contribution is -2.29. The van der Waals surface area contributed by atoms with E-state index in [1.807, 2.05) is 77.4 Å². The molecule has 0 aliphatic carbocycles. The van der Waals surface area contributed by atoms with Gasteiger partial charge in [-0.1, -0.05) is 42.1 Å². The Hall–Kier alpha value is -5.82. The Morgan fingerprint density at radius 2 is 1.50 bits per heavy atom. The van der Waals surface area contributed by atoms with Crippen LogP contribution in [0.4, 0.5) is 0 Å². The fraction of sp³-hybridized carbons (Fsp3) is 0.216. The van der Waals surface area contributed by atoms with Crippen LogP contribution in [-0.4, -0.2) is 71.5 Å². The molecule has 2 amide bonds. The zero-order valence-electron chi connectivity index (χ0n) is 28.0. The van der Waals surface area contributed by atoms with E-state index in [2.05, 4.69) is 15.5 Å². The molecular weight excluding hydrogens is 657 g/mol. The van der Waals surface area contributed by atoms with Crippen molar-refractivity contribution in [3.63, 3.8) is 0 Å². The van der Waals surface area contributed by atoms with Crippen LogP contribution in [0.25, 0.3) is 5.69 Å². The van der Waals surface area contributed by atoms with Gasteiger partial charge in [-0.05, 0) is 72.3 Å². The van der Waals surface area contributed by atoms with Gasteiger partial charge in [0.25, 0.3) is 11.8 Å². The van der Waals surface area contributed by atoms with E-state index in [9.17, 15) is 9.59 Å². The first-order valence-electron chi connectivity index (χ1n) is 15.7. The number of hydrazone groups is 1. The van der Waals surface area contributed by atoms with Crippen LogP contribution in [0.5, 0.6) is 23.0 Å². The number of nitrogens with one attached hydrogen (secondary N) is 1. The molecular formula is C37H36N6O6S. The normalized spacial score (nSPS) is 13.8. The van der Waals surface area contributed by atoms with Gasteiger partial charge < -0.3 is 24.3 Å². The molecule has 13 heteroatoms. The van der Waals surface area contributed by atoms with Crippen LogP contribution in [0.2, 0.25) is 0 Å². The molecule has 0 unspecified atom stereocenters. The maximum absolute atomic E-state index is 14.1. The van der Waals surface area contributed by atoms with E-state index in [0.29, 0.717) is 40.2 Å². The second kappa shape index (κ2) is 15.6. The number of para-hydroxylation sites is 2. The van der Waals surface area contributed by atoms with Crippen LogP contribution >= 0.6 is 11.8 Å². The van der Waals surface area contributed by atoms with Gasteiger partial charge in [0.1, 0.15) is 11.5 Å². The standard InChI is InChI=1S/C37H36N6O6S/c1-46-27-17-13-24(14-18-27)30-21-31(29-11-8-12-32(48-3)35(29)49-4)43(41-30)34(44)23-50-37-40-39-33(42(37)26-9-6-5-7-10-26)22-38-36(45)25-15-19-28(47-2)20-16-25/h5-20,31H,21-23H2,1-4H3,(H,38,45)/t31-/m1/s1. The summed E-state index contributed by atoms with van der Waals surface area (Å²) in [6, 6.07) is 29.2. The Bertz CT molecular complexity index is 1980. The Morgan fingerprint density at radius 3 is 2.16 bits per heavy atom. The maximum atomic E-state index is 14.1. The largest absolute Gasteiger partial charge is 0.497 e. The fourth-order valence-corrected chi connectivity index (χ4v) is 6.48. The summed E-state index contributed by atoms with van der Waals surface area (Å²) in [5.74, 6) is 2.52. The third-order valence-corrected chi connectivity index (χ3v) is 9.09. The number of hydrogen-bond acceptors (Lipinski definition) is 10. The first kappa shape index (κ1) is 34.1. The third-order valence-electron chi connectivity index (χ3n) is 8.18. The summed E-state index contributed by atoms with van der Waals surface area (Å²) in [7, 11) is 6.35. The number of carbonyl (C=O) groups excluding carboxylic acids is 2. The first-order valence-corrected chi connectivity index (χ1v) is 16.7. The summed E-state index contributed by atoms with van der Waals surface area (Å²) in [4.78, 5) is 27.0. The van der Waals surface area contributed by atoms with Crippen molar-refractivity contribution in [1.82, 2.24) is 25.1 Å². The molecule has 50 heavy (non-hydrogen) atoms. The summed E-state index contributed by atoms with van der Waals surface area (Å²) in [6.45, 7) is 0.112. The number of methoxy groups -OCH3 is 4. The molecule has 1 aliphatic heterocycles. The van der Waals surface area contributed by atoms with Crippen molar-refractivity contribution in [2.45, 2.75) is 24.2 Å². The second-order valence-corrected chi connectivity index (χ2v) is 12.0. The van der Waals surface area contributed by atoms with E-state index in [0.717, 1.165) is 28.3 Å². The molecule has 6 rings (SSSR count). The van der Waals surface area contributed by atoms with Gasteiger partial charge in [-0.25, -0.2) is 5.01 Å². The average Bonchev–Trinajstić information content (AvgIpc) is 3.81. The number of amides is 2. The number of thioether (sulfide) groups is 1. The average molecular weight is 693 g/mol. The Morgan fingerprint density at radius 1 is 0.800 bits per heavy atom. The zero-order chi connectivity index (χ0) is 35.0. The lowest BCUT2D eigenvalue weighted by Gasteiger charge is -2.24. The highest BCUT2D eigenvalue weighted by Crippen LogP contribution is 2.42. The summed E-state index contributed by atoms with van der Waals surface area (Å²) >= 11 is 1.24. The van der Waals surface area contributed by atoms with Crippen LogP contribution in [0.1, 0.15) is 39.8 Å². The summed E-state index contributed by atoms with van der Waals surface area (Å²) in [6.07, 6.45) is 0.463. The van der Waals surface area contributed by atoms with Crippen molar-refractivity contribution in [3.8, 4) is 28.7 Å². The van der Waals surface area contributed by atoms with Crippen molar-refractivity contribution in [3.05, 3.63) is 120 Å². The van der Waals surface area contributed by atoms with E-state index in [1.165, 1.54) is 16.8 Å². The smallest absolute Gasteiger partial charge is 0.253 e. The van der Waals surface area contributed by atoms with Crippen LogP contribution in [0.3, 0.4) is 0 Å². The number of benzene rings is 4. The van der Waals surface area contributed by atoms with Crippen LogP contribution in [0, 0.1) is 0 Å². The van der Waals surface area contributed by atoms with Crippen molar-refractivity contribution in [2.24, 2.45) is 5.10 Å². The molecule has 1 N–H and O–H groups in total. The third kappa shape index (κ3) is 7.27. The highest BCUT2D eigenvalue weighted by Gasteiger charge is 2.36. The minimum Gasteiger partial charge on any atom is -0.497 e. The van der Waals surface area contributed by atoms with Crippen LogP contribution in [-0.2, 0) is 11.3 Å². The predicted octanol–water partition coefficient (Wildman–Crippen LogP) is 5.70. The van der Waals surface area contributed by atoms with E-state index in [1.54, 1.807) is 52.7 Å². The number of carbonyl (C=O) groups is 2. The molecule has 256 valence electrons. The molecule has 1 aliphatic rings. The molecule has 0 bridgehead atoms. The van der Waals surface area contributed by atoms with Gasteiger partial charge in [0, 0.05) is 23.2 Å². The molecule has 0 fully saturated rings. The number of hydrogen-bond donors (Lipinski definition) is 1. The van der Waals surface area contributed by atoms with Gasteiger partial charge in [-0.3, -0.25) is 14.2 Å². The lowest BCUT2D eigenvalue weighted by molar-refractivity contribution is -0.130. The van der Waals surface area contributed by atoms with E-state index < -0.39 is 6.04 Å². The zero-order valence-corrected chi connectivity index (χ0v) is 28.8. The predicted molar refractivity (Wildman–Crippen MR) is 190 cm³/mol. The maximum Gasteiger partial charge on any atom is 0.253 e. The van der Waals surface area contributed by atoms with Crippen molar-refractivity contribution < 1.29 is 28.5 Å². The molecule has 4 aromatic carbocycles. The lowest BCUT2D eigenvalue weighted by atomic mass is 9.97. The Kier molecular flexibility index (Phi) is 10.6. The summed E-state index contributed by atoms with van der Waals surface area (Å²) in [5.41, 5.74) is 3.69. The molecule has 1 aromatic heterocycles. The van der Waals surface area contributed by atoms with E-state index in [4.69, 9.17) is 24.0 Å². The fourth-order valence-electron chi connectivity index (χ4n) is 5.66. The number of aromatic nitrogens is 3. The highest BCUT2D eigenvalue weighted by atomic mass is 32.2. The molecule has 0 radical (unpaired) electrons. The molecule has 0 saturated heterocycles. The quantitative estimate of drug-likeness (QED) is 0.155. The number of nitrogens with zero attached hydrogens (tertiary/aromatic N) is 5. The number of ether oxygens (including phenoxy) is 4. The minimum atomic E-state index is -0.444. The van der Waals surface area contributed by atoms with Gasteiger partial charge in [0.15, 0.2) is 22.5 Å². The Balaban J connectivity index is 1.26. The topological polar surface area (TPSA) is 129 Å². The second-order valence-electron chi connectivity index (χ2n) is 11.1. The summed E-state index contributed by atoms with van der Waals surface area (Å²) < 4.78 is 23.7. The number of rotatable bonds is 13. The monoisotopic (exact) mass is 692 g/mol. The van der Waals surface area contributed by atoms with Gasteiger partial charge in [0.2, 0.25) is 0 Å². The molecule has 0 saturated carbocycles. The molecule has 1 atom stereocenters. The SMILES string of the molecule is COc1ccc(C(=O)NCc2nnc(SCC(=O)N3N=C(c4ccc(OC)cc4)C[C@@H]3c3cccc(OC)c3OC)n2-c2ccccc2)cc1. The van der Waals surface area contributed by atoms with E-state index >= 15 is 0 Å². The van der Waals surface area contributed by atoms with Gasteiger partial charge in [0.05, 0.1) is 52.5 Å². The van der Waals surface area contributed by atoms with Crippen molar-refractivity contribution in [2.75, 3.05) is 34.2 Å². The molecule has 0 spiro atoms. The Labute approximate surface area is 294 Å². The van der Waals surface area contributed by atoms with Gasteiger partial charge in [-0.15, -0.1) is 10.2 Å². The van der Waals surface area contributed by atoms with Crippen molar-refractivity contribution in [1.29, 1.82) is 0 Å². The highest BCUT2D eigenvalue weighted by molar-refractivity contribution is 7.99. The van der Waals surface area contributed by atoms with Crippen LogP contribution in [0.15, 0.2) is 107 Å². The van der Waals surface area contributed by atoms with Crippen LogP contribution < -0.4 is 24.3 Å². The molecule has 12 nitrogen and oxygen atoms in total. The minimum absolute atomic E-state index is 0.0192.